The van der Waals surface area contributed by atoms with Crippen LogP contribution in [0.15, 0.2) is 53.3 Å². The van der Waals surface area contributed by atoms with Crippen LogP contribution in [0.4, 0.5) is 5.95 Å². The van der Waals surface area contributed by atoms with Gasteiger partial charge in [-0.3, -0.25) is 9.36 Å². The summed E-state index contributed by atoms with van der Waals surface area (Å²) in [5.41, 5.74) is 3.45. The molecule has 0 aliphatic carbocycles. The highest BCUT2D eigenvalue weighted by molar-refractivity contribution is 5.78. The van der Waals surface area contributed by atoms with Crippen molar-refractivity contribution >= 4 is 16.9 Å². The van der Waals surface area contributed by atoms with Crippen LogP contribution in [-0.4, -0.2) is 36.7 Å². The number of hydrogen-bond acceptors (Lipinski definition) is 4. The van der Waals surface area contributed by atoms with E-state index in [9.17, 15) is 4.79 Å². The van der Waals surface area contributed by atoms with E-state index in [2.05, 4.69) is 41.4 Å². The first kappa shape index (κ1) is 19.1. The van der Waals surface area contributed by atoms with E-state index in [-0.39, 0.29) is 5.56 Å². The molecule has 1 aliphatic heterocycles. The molecule has 0 radical (unpaired) electrons. The van der Waals surface area contributed by atoms with Crippen LogP contribution in [0.3, 0.4) is 0 Å². The maximum Gasteiger partial charge on any atom is 0.262 e. The Hall–Kier alpha value is -2.66. The van der Waals surface area contributed by atoms with Crippen LogP contribution in [0, 0.1) is 6.92 Å². The van der Waals surface area contributed by atoms with E-state index in [1.54, 1.807) is 4.57 Å². The zero-order valence-corrected chi connectivity index (χ0v) is 16.6. The molecule has 4 rings (SSSR count). The zero-order valence-electron chi connectivity index (χ0n) is 16.6. The van der Waals surface area contributed by atoms with Crippen molar-refractivity contribution in [2.75, 3.05) is 32.1 Å². The molecule has 0 bridgehead atoms. The Bertz CT molecular complexity index is 962. The van der Waals surface area contributed by atoms with Gasteiger partial charge in [-0.05, 0) is 45.1 Å². The molecule has 3 aromatic rings. The fourth-order valence-corrected chi connectivity index (χ4v) is 3.54. The molecule has 1 aliphatic rings. The summed E-state index contributed by atoms with van der Waals surface area (Å²) in [5, 5.41) is 3.43. The van der Waals surface area contributed by atoms with Crippen molar-refractivity contribution in [2.24, 2.45) is 7.05 Å². The second-order valence-electron chi connectivity index (χ2n) is 7.14. The molecule has 1 aromatic heterocycles. The molecule has 5 nitrogen and oxygen atoms in total. The predicted molar refractivity (Wildman–Crippen MR) is 113 cm³/mol. The number of nitrogens with one attached hydrogen (secondary N) is 1. The molecular weight excluding hydrogens is 336 g/mol. The molecular formula is C22H28N4O. The molecule has 1 saturated heterocycles. The molecule has 1 N–H and O–H groups in total. The third-order valence-corrected chi connectivity index (χ3v) is 4.98. The summed E-state index contributed by atoms with van der Waals surface area (Å²) in [6.45, 7) is 3.94. The molecule has 0 unspecified atom stereocenters. The Labute approximate surface area is 160 Å². The number of aromatic nitrogens is 2. The van der Waals surface area contributed by atoms with E-state index in [4.69, 9.17) is 4.98 Å². The quantitative estimate of drug-likeness (QED) is 0.759. The number of fused-ring (bicyclic) bond motifs is 1. The lowest BCUT2D eigenvalue weighted by atomic mass is 9.98. The number of para-hydroxylation sites is 1. The molecule has 1 fully saturated rings. The molecule has 2 aromatic carbocycles. The largest absolute Gasteiger partial charge is 0.342 e. The van der Waals surface area contributed by atoms with E-state index in [1.807, 2.05) is 45.4 Å². The second-order valence-corrected chi connectivity index (χ2v) is 7.14. The van der Waals surface area contributed by atoms with E-state index < -0.39 is 0 Å². The smallest absolute Gasteiger partial charge is 0.262 e. The first-order valence-electron chi connectivity index (χ1n) is 9.41. The first-order valence-corrected chi connectivity index (χ1v) is 9.41. The number of hydrogen-bond donors (Lipinski definition) is 1. The van der Waals surface area contributed by atoms with Gasteiger partial charge in [0.25, 0.3) is 5.56 Å². The van der Waals surface area contributed by atoms with Crippen molar-refractivity contribution in [2.45, 2.75) is 19.3 Å². The van der Waals surface area contributed by atoms with Crippen LogP contribution in [0.2, 0.25) is 0 Å². The standard InChI is InChI=1S/C20H21N3O.C2H7N/c1-14-7-9-15(10-8-14)16-11-12-23(13-16)20-21-18-6-4-3-5-17(18)19(24)22(20)2;1-3-2/h3-10,16H,11-13H2,1-2H3;3H,1-2H3/t16-;/m1./s1. The highest BCUT2D eigenvalue weighted by Crippen LogP contribution is 2.30. The van der Waals surface area contributed by atoms with Gasteiger partial charge in [-0.1, -0.05) is 42.0 Å². The fraction of sp³-hybridized carbons (Fsp3) is 0.364. The summed E-state index contributed by atoms with van der Waals surface area (Å²) < 4.78 is 1.68. The Morgan fingerprint density at radius 3 is 2.44 bits per heavy atom. The van der Waals surface area contributed by atoms with Crippen LogP contribution in [0.1, 0.15) is 23.5 Å². The lowest BCUT2D eigenvalue weighted by molar-refractivity contribution is 0.755. The summed E-state index contributed by atoms with van der Waals surface area (Å²) in [6.07, 6.45) is 1.09. The van der Waals surface area contributed by atoms with Crippen molar-refractivity contribution in [1.82, 2.24) is 14.9 Å². The summed E-state index contributed by atoms with van der Waals surface area (Å²) >= 11 is 0. The van der Waals surface area contributed by atoms with Crippen LogP contribution in [-0.2, 0) is 7.05 Å². The lowest BCUT2D eigenvalue weighted by Gasteiger charge is -2.20. The van der Waals surface area contributed by atoms with Gasteiger partial charge in [0, 0.05) is 26.1 Å². The third-order valence-electron chi connectivity index (χ3n) is 4.98. The SMILES string of the molecule is CNC.Cc1ccc([C@@H]2CCN(c3nc4ccccc4c(=O)n3C)C2)cc1. The average molecular weight is 364 g/mol. The van der Waals surface area contributed by atoms with Gasteiger partial charge in [-0.15, -0.1) is 0 Å². The monoisotopic (exact) mass is 364 g/mol. The molecule has 2 heterocycles. The minimum absolute atomic E-state index is 0.0226. The van der Waals surface area contributed by atoms with Gasteiger partial charge in [0.15, 0.2) is 0 Å². The van der Waals surface area contributed by atoms with Gasteiger partial charge in [0.1, 0.15) is 0 Å². The minimum Gasteiger partial charge on any atom is -0.342 e. The Kier molecular flexibility index (Phi) is 5.91. The average Bonchev–Trinajstić information content (AvgIpc) is 3.16. The molecule has 0 saturated carbocycles. The summed E-state index contributed by atoms with van der Waals surface area (Å²) in [4.78, 5) is 19.6. The van der Waals surface area contributed by atoms with Crippen LogP contribution < -0.4 is 15.8 Å². The molecule has 1 atom stereocenters. The van der Waals surface area contributed by atoms with Crippen LogP contribution >= 0.6 is 0 Å². The highest BCUT2D eigenvalue weighted by Gasteiger charge is 2.26. The van der Waals surface area contributed by atoms with Gasteiger partial charge < -0.3 is 10.2 Å². The molecule has 5 heteroatoms. The minimum atomic E-state index is 0.0226. The molecule has 0 spiro atoms. The van der Waals surface area contributed by atoms with E-state index in [0.717, 1.165) is 31.0 Å². The third kappa shape index (κ3) is 4.03. The summed E-state index contributed by atoms with van der Waals surface area (Å²) in [6, 6.07) is 16.3. The number of benzene rings is 2. The van der Waals surface area contributed by atoms with Gasteiger partial charge in [0.05, 0.1) is 10.9 Å². The first-order chi connectivity index (χ1) is 13.0. The van der Waals surface area contributed by atoms with E-state index >= 15 is 0 Å². The number of rotatable bonds is 2. The highest BCUT2D eigenvalue weighted by atomic mass is 16.1. The molecule has 27 heavy (non-hydrogen) atoms. The van der Waals surface area contributed by atoms with Crippen molar-refractivity contribution in [3.8, 4) is 0 Å². The zero-order chi connectivity index (χ0) is 19.4. The Balaban J connectivity index is 0.000000659. The fourth-order valence-electron chi connectivity index (χ4n) is 3.54. The number of aryl methyl sites for hydroxylation is 1. The van der Waals surface area contributed by atoms with E-state index in [1.165, 1.54) is 11.1 Å². The predicted octanol–water partition coefficient (Wildman–Crippen LogP) is 3.07. The maximum absolute atomic E-state index is 12.6. The molecule has 142 valence electrons. The summed E-state index contributed by atoms with van der Waals surface area (Å²) in [7, 11) is 5.57. The van der Waals surface area contributed by atoms with Crippen molar-refractivity contribution in [1.29, 1.82) is 0 Å². The van der Waals surface area contributed by atoms with E-state index in [0.29, 0.717) is 11.3 Å². The normalized spacial score (nSPS) is 16.3. The van der Waals surface area contributed by atoms with Crippen molar-refractivity contribution < 1.29 is 0 Å². The van der Waals surface area contributed by atoms with Gasteiger partial charge >= 0.3 is 0 Å². The number of anilines is 1. The van der Waals surface area contributed by atoms with Crippen LogP contribution in [0.25, 0.3) is 10.9 Å². The van der Waals surface area contributed by atoms with Crippen LogP contribution in [0.5, 0.6) is 0 Å². The van der Waals surface area contributed by atoms with Gasteiger partial charge in [-0.25, -0.2) is 4.98 Å². The maximum atomic E-state index is 12.6. The van der Waals surface area contributed by atoms with Gasteiger partial charge in [-0.2, -0.15) is 0 Å². The lowest BCUT2D eigenvalue weighted by Crippen LogP contribution is -2.30. The number of nitrogens with zero attached hydrogens (tertiary/aromatic N) is 3. The summed E-state index contributed by atoms with van der Waals surface area (Å²) in [5.74, 6) is 1.27. The molecule has 0 amide bonds. The van der Waals surface area contributed by atoms with Crippen molar-refractivity contribution in [3.05, 3.63) is 70.0 Å². The topological polar surface area (TPSA) is 50.2 Å². The Morgan fingerprint density at radius 2 is 1.74 bits per heavy atom. The van der Waals surface area contributed by atoms with Gasteiger partial charge in [0.2, 0.25) is 5.95 Å². The second kappa shape index (κ2) is 8.35. The Morgan fingerprint density at radius 1 is 1.07 bits per heavy atom. The van der Waals surface area contributed by atoms with Crippen molar-refractivity contribution in [3.63, 3.8) is 0 Å².